The first kappa shape index (κ1) is 17.9. The van der Waals surface area contributed by atoms with Crippen LogP contribution in [0, 0.1) is 0 Å². The zero-order valence-corrected chi connectivity index (χ0v) is 16.4. The van der Waals surface area contributed by atoms with Crippen molar-refractivity contribution in [1.82, 2.24) is 19.9 Å². The molecule has 0 atom stereocenters. The summed E-state index contributed by atoms with van der Waals surface area (Å²) in [7, 11) is 0. The number of piperidine rings is 1. The van der Waals surface area contributed by atoms with Gasteiger partial charge in [0.05, 0.1) is 0 Å². The average Bonchev–Trinajstić information content (AvgIpc) is 2.75. The van der Waals surface area contributed by atoms with Gasteiger partial charge in [-0.05, 0) is 25.3 Å². The van der Waals surface area contributed by atoms with E-state index in [2.05, 4.69) is 49.6 Å². The predicted molar refractivity (Wildman–Crippen MR) is 109 cm³/mol. The lowest BCUT2D eigenvalue weighted by atomic mass is 10.1. The molecule has 2 aromatic heterocycles. The molecule has 2 fully saturated rings. The van der Waals surface area contributed by atoms with E-state index in [9.17, 15) is 0 Å². The van der Waals surface area contributed by atoms with Crippen LogP contribution in [0.1, 0.15) is 44.9 Å². The Kier molecular flexibility index (Phi) is 5.36. The van der Waals surface area contributed by atoms with Crippen molar-refractivity contribution in [2.24, 2.45) is 0 Å². The molecule has 4 rings (SSSR count). The Morgan fingerprint density at radius 2 is 1.33 bits per heavy atom. The molecule has 0 radical (unpaired) electrons. The van der Waals surface area contributed by atoms with Crippen LogP contribution in [0.5, 0.6) is 0 Å². The van der Waals surface area contributed by atoms with Gasteiger partial charge in [0.2, 0.25) is 0 Å². The van der Waals surface area contributed by atoms with Gasteiger partial charge in [-0.15, -0.1) is 0 Å². The highest BCUT2D eigenvalue weighted by atomic mass is 15.3. The third-order valence-electron chi connectivity index (χ3n) is 5.42. The minimum absolute atomic E-state index is 0.348. The maximum absolute atomic E-state index is 4.73. The van der Waals surface area contributed by atoms with Crippen LogP contribution < -0.4 is 14.7 Å². The number of aromatic nitrogens is 4. The molecule has 0 aromatic carbocycles. The predicted octanol–water partition coefficient (Wildman–Crippen LogP) is 2.71. The van der Waals surface area contributed by atoms with Gasteiger partial charge < -0.3 is 14.7 Å². The monoisotopic (exact) mass is 367 g/mol. The number of hydrogen-bond acceptors (Lipinski definition) is 7. The van der Waals surface area contributed by atoms with Crippen molar-refractivity contribution in [2.75, 3.05) is 54.0 Å². The Labute approximate surface area is 161 Å². The first-order chi connectivity index (χ1) is 13.2. The van der Waals surface area contributed by atoms with E-state index in [0.717, 1.165) is 62.5 Å². The zero-order chi connectivity index (χ0) is 18.6. The fourth-order valence-electron chi connectivity index (χ4n) is 3.79. The lowest BCUT2D eigenvalue weighted by Crippen LogP contribution is -2.47. The molecule has 0 spiro atoms. The minimum atomic E-state index is 0.348. The smallest absolute Gasteiger partial charge is 0.134 e. The third kappa shape index (κ3) is 4.12. The fourth-order valence-corrected chi connectivity index (χ4v) is 3.79. The Balaban J connectivity index is 1.41. The minimum Gasteiger partial charge on any atom is -0.356 e. The first-order valence-electron chi connectivity index (χ1n) is 10.1. The van der Waals surface area contributed by atoms with E-state index in [1.54, 1.807) is 6.33 Å². The van der Waals surface area contributed by atoms with Crippen LogP contribution in [0.15, 0.2) is 24.7 Å². The lowest BCUT2D eigenvalue weighted by molar-refractivity contribution is 0.572. The fraction of sp³-hybridized carbons (Fsp3) is 0.600. The van der Waals surface area contributed by atoms with Crippen LogP contribution in [-0.4, -0.2) is 59.2 Å². The molecule has 2 aliphatic rings. The highest BCUT2D eigenvalue weighted by Gasteiger charge is 2.21. The zero-order valence-electron chi connectivity index (χ0n) is 16.4. The van der Waals surface area contributed by atoms with Crippen LogP contribution in [0.25, 0.3) is 0 Å². The molecule has 0 bridgehead atoms. The number of nitrogens with zero attached hydrogens (tertiary/aromatic N) is 7. The number of anilines is 3. The van der Waals surface area contributed by atoms with Gasteiger partial charge in [-0.2, -0.15) is 0 Å². The van der Waals surface area contributed by atoms with Gasteiger partial charge in [-0.25, -0.2) is 19.9 Å². The molecule has 4 heterocycles. The van der Waals surface area contributed by atoms with Gasteiger partial charge in [0.1, 0.15) is 29.6 Å². The highest BCUT2D eigenvalue weighted by Crippen LogP contribution is 2.23. The van der Waals surface area contributed by atoms with Gasteiger partial charge in [-0.1, -0.05) is 13.8 Å². The summed E-state index contributed by atoms with van der Waals surface area (Å²) in [4.78, 5) is 25.2. The van der Waals surface area contributed by atoms with E-state index in [-0.39, 0.29) is 0 Å². The van der Waals surface area contributed by atoms with E-state index in [1.165, 1.54) is 19.3 Å². The lowest BCUT2D eigenvalue weighted by Gasteiger charge is -2.36. The number of piperazine rings is 1. The van der Waals surface area contributed by atoms with Crippen LogP contribution in [0.3, 0.4) is 0 Å². The van der Waals surface area contributed by atoms with Crippen LogP contribution in [-0.2, 0) is 0 Å². The Morgan fingerprint density at radius 3 is 1.96 bits per heavy atom. The Morgan fingerprint density at radius 1 is 0.741 bits per heavy atom. The number of hydrogen-bond donors (Lipinski definition) is 0. The summed E-state index contributed by atoms with van der Waals surface area (Å²) in [6.07, 6.45) is 7.44. The van der Waals surface area contributed by atoms with Crippen molar-refractivity contribution >= 4 is 17.5 Å². The highest BCUT2D eigenvalue weighted by molar-refractivity contribution is 5.52. The molecule has 0 amide bonds. The average molecular weight is 368 g/mol. The molecule has 0 unspecified atom stereocenters. The molecule has 27 heavy (non-hydrogen) atoms. The molecular formula is C20H29N7. The normalized spacial score (nSPS) is 18.3. The quantitative estimate of drug-likeness (QED) is 0.823. The van der Waals surface area contributed by atoms with Crippen molar-refractivity contribution < 1.29 is 0 Å². The standard InChI is InChI=1S/C20H29N7/c1-16(2)20-21-7-6-17(24-20)26-10-12-27(13-11-26)19-14-18(22-15-23-19)25-8-4-3-5-9-25/h6-7,14-16H,3-5,8-13H2,1-2H3. The summed E-state index contributed by atoms with van der Waals surface area (Å²) in [6, 6.07) is 4.17. The van der Waals surface area contributed by atoms with Crippen molar-refractivity contribution in [2.45, 2.75) is 39.0 Å². The third-order valence-corrected chi connectivity index (χ3v) is 5.42. The largest absolute Gasteiger partial charge is 0.356 e. The SMILES string of the molecule is CC(C)c1nccc(N2CCN(c3cc(N4CCCCC4)ncn3)CC2)n1. The van der Waals surface area contributed by atoms with Gasteiger partial charge in [-0.3, -0.25) is 0 Å². The molecule has 0 N–H and O–H groups in total. The van der Waals surface area contributed by atoms with E-state index < -0.39 is 0 Å². The summed E-state index contributed by atoms with van der Waals surface area (Å²) >= 11 is 0. The molecule has 2 aromatic rings. The van der Waals surface area contributed by atoms with Gasteiger partial charge in [0, 0.05) is 57.4 Å². The molecular weight excluding hydrogens is 338 g/mol. The maximum Gasteiger partial charge on any atom is 0.134 e. The second-order valence-electron chi connectivity index (χ2n) is 7.68. The Bertz CT molecular complexity index is 750. The van der Waals surface area contributed by atoms with E-state index in [1.807, 2.05) is 12.3 Å². The molecule has 0 aliphatic carbocycles. The Hall–Kier alpha value is -2.44. The topological polar surface area (TPSA) is 61.3 Å². The second kappa shape index (κ2) is 8.06. The molecule has 7 heteroatoms. The van der Waals surface area contributed by atoms with Crippen LogP contribution in [0.2, 0.25) is 0 Å². The summed E-state index contributed by atoms with van der Waals surface area (Å²) in [5.74, 6) is 4.40. The molecule has 144 valence electrons. The van der Waals surface area contributed by atoms with E-state index >= 15 is 0 Å². The molecule has 7 nitrogen and oxygen atoms in total. The summed E-state index contributed by atoms with van der Waals surface area (Å²) < 4.78 is 0. The van der Waals surface area contributed by atoms with Crippen molar-refractivity contribution in [3.8, 4) is 0 Å². The summed E-state index contributed by atoms with van der Waals surface area (Å²) in [5, 5.41) is 0. The molecule has 2 saturated heterocycles. The van der Waals surface area contributed by atoms with Gasteiger partial charge in [0.25, 0.3) is 0 Å². The number of rotatable bonds is 4. The van der Waals surface area contributed by atoms with Gasteiger partial charge in [0.15, 0.2) is 0 Å². The second-order valence-corrected chi connectivity index (χ2v) is 7.68. The van der Waals surface area contributed by atoms with Crippen molar-refractivity contribution in [3.63, 3.8) is 0 Å². The van der Waals surface area contributed by atoms with E-state index in [0.29, 0.717) is 5.92 Å². The van der Waals surface area contributed by atoms with Crippen molar-refractivity contribution in [3.05, 3.63) is 30.5 Å². The molecule has 2 aliphatic heterocycles. The summed E-state index contributed by atoms with van der Waals surface area (Å²) in [6.45, 7) is 10.2. The van der Waals surface area contributed by atoms with Crippen LogP contribution >= 0.6 is 0 Å². The first-order valence-corrected chi connectivity index (χ1v) is 10.1. The maximum atomic E-state index is 4.73. The molecule has 0 saturated carbocycles. The van der Waals surface area contributed by atoms with Crippen molar-refractivity contribution in [1.29, 1.82) is 0 Å². The van der Waals surface area contributed by atoms with E-state index in [4.69, 9.17) is 4.98 Å². The van der Waals surface area contributed by atoms with Crippen LogP contribution in [0.4, 0.5) is 17.5 Å². The summed E-state index contributed by atoms with van der Waals surface area (Å²) in [5.41, 5.74) is 0. The van der Waals surface area contributed by atoms with Gasteiger partial charge >= 0.3 is 0 Å².